The molecule has 2 heterocycles. The number of carbonyl (C=O) groups is 1. The number of carbonyl (C=O) groups excluding carboxylic acids is 1. The highest BCUT2D eigenvalue weighted by Gasteiger charge is 2.25. The Balaban J connectivity index is 1.68. The first-order valence-corrected chi connectivity index (χ1v) is 9.07. The molecule has 0 spiro atoms. The first-order valence-electron chi connectivity index (χ1n) is 8.25. The molecule has 1 aliphatic rings. The summed E-state index contributed by atoms with van der Waals surface area (Å²) in [6.45, 7) is 5.89. The van der Waals surface area contributed by atoms with Crippen LogP contribution in [0.3, 0.4) is 0 Å². The fourth-order valence-electron chi connectivity index (χ4n) is 2.98. The van der Waals surface area contributed by atoms with Crippen LogP contribution in [-0.4, -0.2) is 30.0 Å². The fourth-order valence-corrected chi connectivity index (χ4v) is 3.98. The number of hydrogen-bond donors (Lipinski definition) is 2. The molecule has 2 N–H and O–H groups in total. The molecular weight excluding hydrogens is 325 g/mol. The second-order valence-electron chi connectivity index (χ2n) is 6.38. The molecule has 24 heavy (non-hydrogen) atoms. The molecule has 2 unspecified atom stereocenters. The van der Waals surface area contributed by atoms with Gasteiger partial charge in [-0.15, -0.1) is 11.3 Å². The van der Waals surface area contributed by atoms with Gasteiger partial charge in [-0.2, -0.15) is 0 Å². The molecule has 0 saturated carbocycles. The lowest BCUT2D eigenvalue weighted by molar-refractivity contribution is 0.0917. The van der Waals surface area contributed by atoms with Crippen molar-refractivity contribution in [3.63, 3.8) is 0 Å². The minimum absolute atomic E-state index is 0.0332. The van der Waals surface area contributed by atoms with E-state index >= 15 is 0 Å². The molecule has 0 aliphatic carbocycles. The number of benzene rings is 1. The molecule has 4 nitrogen and oxygen atoms in total. The minimum atomic E-state index is -0.245. The van der Waals surface area contributed by atoms with E-state index in [4.69, 9.17) is 0 Å². The first-order chi connectivity index (χ1) is 11.5. The Morgan fingerprint density at radius 3 is 2.88 bits per heavy atom. The molecule has 0 radical (unpaired) electrons. The molecule has 1 fully saturated rings. The van der Waals surface area contributed by atoms with Gasteiger partial charge in [0, 0.05) is 12.5 Å². The SMILES string of the molecule is Cc1nc(Cc2ccc(F)cc2)sc1C(=O)NC1CCNCC1C. The third kappa shape index (κ3) is 3.99. The zero-order valence-electron chi connectivity index (χ0n) is 13.9. The van der Waals surface area contributed by atoms with Gasteiger partial charge >= 0.3 is 0 Å². The molecule has 6 heteroatoms. The van der Waals surface area contributed by atoms with Gasteiger partial charge in [-0.1, -0.05) is 19.1 Å². The number of aryl methyl sites for hydroxylation is 1. The van der Waals surface area contributed by atoms with Crippen molar-refractivity contribution in [2.75, 3.05) is 13.1 Å². The summed E-state index contributed by atoms with van der Waals surface area (Å²) in [5.41, 5.74) is 1.75. The number of thiazole rings is 1. The Kier molecular flexibility index (Phi) is 5.26. The van der Waals surface area contributed by atoms with Gasteiger partial charge in [-0.3, -0.25) is 4.79 Å². The summed E-state index contributed by atoms with van der Waals surface area (Å²) in [6, 6.07) is 6.61. The molecule has 1 aliphatic heterocycles. The molecule has 0 bridgehead atoms. The lowest BCUT2D eigenvalue weighted by atomic mass is 9.95. The summed E-state index contributed by atoms with van der Waals surface area (Å²) in [5.74, 6) is 0.147. The predicted molar refractivity (Wildman–Crippen MR) is 94.0 cm³/mol. The minimum Gasteiger partial charge on any atom is -0.348 e. The van der Waals surface area contributed by atoms with Crippen LogP contribution in [-0.2, 0) is 6.42 Å². The van der Waals surface area contributed by atoms with Gasteiger partial charge in [0.15, 0.2) is 0 Å². The van der Waals surface area contributed by atoms with Gasteiger partial charge in [-0.25, -0.2) is 9.37 Å². The highest BCUT2D eigenvalue weighted by molar-refractivity contribution is 7.13. The number of hydrogen-bond acceptors (Lipinski definition) is 4. The topological polar surface area (TPSA) is 54.0 Å². The molecular formula is C18H22FN3OS. The van der Waals surface area contributed by atoms with Crippen molar-refractivity contribution in [2.45, 2.75) is 32.7 Å². The number of rotatable bonds is 4. The van der Waals surface area contributed by atoms with E-state index in [2.05, 4.69) is 22.5 Å². The van der Waals surface area contributed by atoms with Gasteiger partial charge in [0.05, 0.1) is 10.7 Å². The Labute approximate surface area is 145 Å². The van der Waals surface area contributed by atoms with Crippen LogP contribution in [0.4, 0.5) is 4.39 Å². The zero-order chi connectivity index (χ0) is 17.1. The largest absolute Gasteiger partial charge is 0.348 e. The highest BCUT2D eigenvalue weighted by Crippen LogP contribution is 2.22. The summed E-state index contributed by atoms with van der Waals surface area (Å²) < 4.78 is 13.0. The van der Waals surface area contributed by atoms with Gasteiger partial charge in [-0.05, 0) is 50.0 Å². The van der Waals surface area contributed by atoms with Crippen molar-refractivity contribution >= 4 is 17.2 Å². The number of nitrogens with one attached hydrogen (secondary N) is 2. The van der Waals surface area contributed by atoms with Crippen LogP contribution in [0, 0.1) is 18.7 Å². The Bertz CT molecular complexity index is 714. The van der Waals surface area contributed by atoms with E-state index in [0.29, 0.717) is 17.2 Å². The van der Waals surface area contributed by atoms with Crippen molar-refractivity contribution < 1.29 is 9.18 Å². The fraction of sp³-hybridized carbons (Fsp3) is 0.444. The van der Waals surface area contributed by atoms with E-state index in [0.717, 1.165) is 35.8 Å². The van der Waals surface area contributed by atoms with E-state index in [9.17, 15) is 9.18 Å². The van der Waals surface area contributed by atoms with Crippen molar-refractivity contribution in [2.24, 2.45) is 5.92 Å². The second-order valence-corrected chi connectivity index (χ2v) is 7.46. The Morgan fingerprint density at radius 1 is 1.42 bits per heavy atom. The molecule has 128 valence electrons. The lowest BCUT2D eigenvalue weighted by Gasteiger charge is -2.30. The van der Waals surface area contributed by atoms with Gasteiger partial charge in [0.2, 0.25) is 0 Å². The van der Waals surface area contributed by atoms with Crippen LogP contribution in [0.25, 0.3) is 0 Å². The van der Waals surface area contributed by atoms with Crippen LogP contribution >= 0.6 is 11.3 Å². The molecule has 1 saturated heterocycles. The summed E-state index contributed by atoms with van der Waals surface area (Å²) in [7, 11) is 0. The number of halogens is 1. The number of amides is 1. The maximum atomic E-state index is 13.0. The normalized spacial score (nSPS) is 20.8. The van der Waals surface area contributed by atoms with Crippen LogP contribution in [0.15, 0.2) is 24.3 Å². The van der Waals surface area contributed by atoms with Crippen molar-refractivity contribution in [3.8, 4) is 0 Å². The monoisotopic (exact) mass is 347 g/mol. The second kappa shape index (κ2) is 7.40. The highest BCUT2D eigenvalue weighted by atomic mass is 32.1. The molecule has 3 rings (SSSR count). The lowest BCUT2D eigenvalue weighted by Crippen LogP contribution is -2.48. The maximum Gasteiger partial charge on any atom is 0.263 e. The average molecular weight is 347 g/mol. The molecule has 1 amide bonds. The van der Waals surface area contributed by atoms with E-state index in [1.54, 1.807) is 12.1 Å². The number of aromatic nitrogens is 1. The molecule has 2 atom stereocenters. The van der Waals surface area contributed by atoms with Crippen molar-refractivity contribution in [1.82, 2.24) is 15.6 Å². The quantitative estimate of drug-likeness (QED) is 0.894. The van der Waals surface area contributed by atoms with Gasteiger partial charge < -0.3 is 10.6 Å². The average Bonchev–Trinajstić information content (AvgIpc) is 2.92. The number of nitrogens with zero attached hydrogens (tertiary/aromatic N) is 1. The molecule has 1 aromatic carbocycles. The van der Waals surface area contributed by atoms with Crippen molar-refractivity contribution in [1.29, 1.82) is 0 Å². The maximum absolute atomic E-state index is 13.0. The number of piperidine rings is 1. The molecule has 1 aromatic heterocycles. The smallest absolute Gasteiger partial charge is 0.263 e. The third-order valence-electron chi connectivity index (χ3n) is 4.42. The van der Waals surface area contributed by atoms with Gasteiger partial charge in [0.1, 0.15) is 10.7 Å². The van der Waals surface area contributed by atoms with Crippen LogP contribution in [0.1, 0.15) is 39.3 Å². The van der Waals surface area contributed by atoms with E-state index < -0.39 is 0 Å². The predicted octanol–water partition coefficient (Wildman–Crippen LogP) is 2.91. The summed E-state index contributed by atoms with van der Waals surface area (Å²) in [4.78, 5) is 17.8. The Morgan fingerprint density at radius 2 is 2.17 bits per heavy atom. The zero-order valence-corrected chi connectivity index (χ0v) is 14.8. The van der Waals surface area contributed by atoms with Crippen LogP contribution < -0.4 is 10.6 Å². The van der Waals surface area contributed by atoms with E-state index in [1.165, 1.54) is 23.5 Å². The Hall–Kier alpha value is -1.79. The summed E-state index contributed by atoms with van der Waals surface area (Å²) in [5, 5.41) is 7.37. The first kappa shape index (κ1) is 17.0. The van der Waals surface area contributed by atoms with Crippen LogP contribution in [0.2, 0.25) is 0 Å². The third-order valence-corrected chi connectivity index (χ3v) is 5.57. The standard InChI is InChI=1S/C18H22FN3OS/c1-11-10-20-8-7-15(11)22-18(23)17-12(2)21-16(24-17)9-13-3-5-14(19)6-4-13/h3-6,11,15,20H,7-10H2,1-2H3,(H,22,23). The van der Waals surface area contributed by atoms with Crippen molar-refractivity contribution in [3.05, 3.63) is 51.2 Å². The van der Waals surface area contributed by atoms with E-state index in [1.807, 2.05) is 6.92 Å². The summed E-state index contributed by atoms with van der Waals surface area (Å²) >= 11 is 1.42. The van der Waals surface area contributed by atoms with Crippen LogP contribution in [0.5, 0.6) is 0 Å². The molecule has 2 aromatic rings. The van der Waals surface area contributed by atoms with Gasteiger partial charge in [0.25, 0.3) is 5.91 Å². The summed E-state index contributed by atoms with van der Waals surface area (Å²) in [6.07, 6.45) is 1.57. The van der Waals surface area contributed by atoms with E-state index in [-0.39, 0.29) is 17.8 Å².